The lowest BCUT2D eigenvalue weighted by atomic mass is 10.1. The van der Waals surface area contributed by atoms with Gasteiger partial charge in [0.05, 0.1) is 17.4 Å². The van der Waals surface area contributed by atoms with Gasteiger partial charge in [-0.3, -0.25) is 14.8 Å². The molecule has 0 saturated carbocycles. The Morgan fingerprint density at radius 3 is 2.63 bits per heavy atom. The number of fused-ring (bicyclic) bond motifs is 2. The summed E-state index contributed by atoms with van der Waals surface area (Å²) in [5, 5.41) is 10.7. The predicted molar refractivity (Wildman–Crippen MR) is 115 cm³/mol. The summed E-state index contributed by atoms with van der Waals surface area (Å²) in [6.45, 7) is 6.08. The van der Waals surface area contributed by atoms with Gasteiger partial charge in [0.25, 0.3) is 5.91 Å². The van der Waals surface area contributed by atoms with E-state index in [2.05, 4.69) is 49.4 Å². The fourth-order valence-corrected chi connectivity index (χ4v) is 4.11. The molecule has 152 valence electrons. The maximum Gasteiger partial charge on any atom is 0.258 e. The summed E-state index contributed by atoms with van der Waals surface area (Å²) >= 11 is 0. The first-order valence-corrected chi connectivity index (χ1v) is 9.94. The predicted octanol–water partition coefficient (Wildman–Crippen LogP) is 2.11. The second-order valence-corrected chi connectivity index (χ2v) is 7.66. The molecule has 1 aliphatic heterocycles. The number of amides is 1. The van der Waals surface area contributed by atoms with Crippen molar-refractivity contribution in [1.29, 1.82) is 0 Å². The molecule has 9 heteroatoms. The number of anilines is 2. The molecule has 4 aromatic rings. The molecule has 1 aromatic carbocycles. The zero-order chi connectivity index (χ0) is 20.7. The van der Waals surface area contributed by atoms with E-state index in [4.69, 9.17) is 0 Å². The molecule has 1 aliphatic rings. The number of carbonyl (C=O) groups is 1. The smallest absolute Gasteiger partial charge is 0.258 e. The molecule has 0 bridgehead atoms. The van der Waals surface area contributed by atoms with Gasteiger partial charge >= 0.3 is 0 Å². The molecule has 5 rings (SSSR count). The second-order valence-electron chi connectivity index (χ2n) is 7.66. The molecular formula is C21H22N8O. The molecule has 2 atom stereocenters. The van der Waals surface area contributed by atoms with Crippen molar-refractivity contribution in [2.75, 3.05) is 23.3 Å². The van der Waals surface area contributed by atoms with Crippen LogP contribution in [0.1, 0.15) is 24.2 Å². The van der Waals surface area contributed by atoms with E-state index in [1.54, 1.807) is 41.6 Å². The van der Waals surface area contributed by atoms with Crippen LogP contribution < -0.4 is 15.5 Å². The number of aromatic nitrogens is 5. The van der Waals surface area contributed by atoms with E-state index in [1.165, 1.54) is 0 Å². The second kappa shape index (κ2) is 7.34. The van der Waals surface area contributed by atoms with Crippen molar-refractivity contribution >= 4 is 34.0 Å². The molecule has 1 saturated heterocycles. The third kappa shape index (κ3) is 3.22. The van der Waals surface area contributed by atoms with Gasteiger partial charge in [-0.15, -0.1) is 0 Å². The van der Waals surface area contributed by atoms with Crippen LogP contribution in [0.25, 0.3) is 16.7 Å². The van der Waals surface area contributed by atoms with Crippen LogP contribution in [-0.2, 0) is 0 Å². The van der Waals surface area contributed by atoms with Crippen molar-refractivity contribution in [3.8, 4) is 0 Å². The first-order chi connectivity index (χ1) is 14.6. The Balaban J connectivity index is 1.52. The Morgan fingerprint density at radius 1 is 1.07 bits per heavy atom. The van der Waals surface area contributed by atoms with E-state index in [0.717, 1.165) is 24.3 Å². The molecule has 0 spiro atoms. The van der Waals surface area contributed by atoms with E-state index in [-0.39, 0.29) is 5.91 Å². The molecule has 1 fully saturated rings. The number of nitrogens with one attached hydrogen (secondary N) is 2. The van der Waals surface area contributed by atoms with Crippen molar-refractivity contribution in [3.63, 3.8) is 0 Å². The van der Waals surface area contributed by atoms with Gasteiger partial charge in [-0.25, -0.2) is 9.50 Å². The molecule has 0 aliphatic carbocycles. The fourth-order valence-electron chi connectivity index (χ4n) is 4.11. The number of benzene rings is 1. The van der Waals surface area contributed by atoms with Crippen LogP contribution in [0.5, 0.6) is 0 Å². The third-order valence-electron chi connectivity index (χ3n) is 5.27. The van der Waals surface area contributed by atoms with E-state index in [0.29, 0.717) is 34.5 Å². The van der Waals surface area contributed by atoms with Gasteiger partial charge in [0, 0.05) is 50.0 Å². The summed E-state index contributed by atoms with van der Waals surface area (Å²) in [4.78, 5) is 28.7. The molecule has 1 amide bonds. The average Bonchev–Trinajstić information content (AvgIpc) is 3.15. The number of rotatable bonds is 3. The molecule has 0 radical (unpaired) electrons. The highest BCUT2D eigenvalue weighted by atomic mass is 16.1. The zero-order valence-corrected chi connectivity index (χ0v) is 16.8. The van der Waals surface area contributed by atoms with Crippen LogP contribution in [0, 0.1) is 0 Å². The van der Waals surface area contributed by atoms with E-state index < -0.39 is 0 Å². The van der Waals surface area contributed by atoms with Crippen LogP contribution in [0.3, 0.4) is 0 Å². The minimum absolute atomic E-state index is 0.269. The number of hydrogen-bond acceptors (Lipinski definition) is 7. The third-order valence-corrected chi connectivity index (χ3v) is 5.27. The Kier molecular flexibility index (Phi) is 4.51. The van der Waals surface area contributed by atoms with E-state index in [9.17, 15) is 4.79 Å². The number of hydrogen-bond donors (Lipinski definition) is 2. The monoisotopic (exact) mass is 402 g/mol. The van der Waals surface area contributed by atoms with Crippen molar-refractivity contribution in [2.24, 2.45) is 0 Å². The summed E-state index contributed by atoms with van der Waals surface area (Å²) in [7, 11) is 0. The van der Waals surface area contributed by atoms with Gasteiger partial charge in [0.15, 0.2) is 5.65 Å². The largest absolute Gasteiger partial charge is 0.367 e. The lowest BCUT2D eigenvalue weighted by Crippen LogP contribution is -2.54. The molecular weight excluding hydrogens is 380 g/mol. The lowest BCUT2D eigenvalue weighted by molar-refractivity contribution is 0.102. The summed E-state index contributed by atoms with van der Waals surface area (Å²) in [5.74, 6) is -0.269. The van der Waals surface area contributed by atoms with Crippen molar-refractivity contribution in [1.82, 2.24) is 29.9 Å². The van der Waals surface area contributed by atoms with Crippen molar-refractivity contribution in [3.05, 3.63) is 54.7 Å². The molecule has 3 aromatic heterocycles. The standard InChI is InChI=1S/C21H22N8O/c1-13-11-28(12-14(2)26-13)17-5-4-15(18-19(17)23-8-7-22-18)21(30)27-16-10-25-29-9-3-6-24-20(16)29/h3-10,13-14,26H,11-12H2,1-2H3,(H,27,30)/t13-,14-/m1/s1. The topological polar surface area (TPSA) is 100 Å². The van der Waals surface area contributed by atoms with Crippen molar-refractivity contribution in [2.45, 2.75) is 25.9 Å². The van der Waals surface area contributed by atoms with Crippen LogP contribution in [0.4, 0.5) is 11.4 Å². The Morgan fingerprint density at radius 2 is 1.83 bits per heavy atom. The van der Waals surface area contributed by atoms with Gasteiger partial charge in [-0.2, -0.15) is 5.10 Å². The van der Waals surface area contributed by atoms with Gasteiger partial charge in [-0.1, -0.05) is 0 Å². The molecule has 0 unspecified atom stereocenters. The van der Waals surface area contributed by atoms with Gasteiger partial charge in [0.2, 0.25) is 0 Å². The van der Waals surface area contributed by atoms with E-state index in [1.807, 2.05) is 12.1 Å². The van der Waals surface area contributed by atoms with E-state index >= 15 is 0 Å². The number of carbonyl (C=O) groups excluding carboxylic acids is 1. The first kappa shape index (κ1) is 18.4. The van der Waals surface area contributed by atoms with Crippen LogP contribution in [-0.4, -0.2) is 55.6 Å². The molecule has 9 nitrogen and oxygen atoms in total. The fraction of sp³-hybridized carbons (Fsp3) is 0.286. The van der Waals surface area contributed by atoms with Crippen molar-refractivity contribution < 1.29 is 4.79 Å². The summed E-state index contributed by atoms with van der Waals surface area (Å²) in [5.41, 5.74) is 3.90. The van der Waals surface area contributed by atoms with Crippen LogP contribution in [0.2, 0.25) is 0 Å². The van der Waals surface area contributed by atoms with Gasteiger partial charge in [-0.05, 0) is 32.0 Å². The Labute approximate surface area is 173 Å². The quantitative estimate of drug-likeness (QED) is 0.541. The molecule has 30 heavy (non-hydrogen) atoms. The summed E-state index contributed by atoms with van der Waals surface area (Å²) < 4.78 is 1.61. The highest BCUT2D eigenvalue weighted by Gasteiger charge is 2.24. The average molecular weight is 402 g/mol. The Hall–Kier alpha value is -3.59. The van der Waals surface area contributed by atoms with Gasteiger partial charge < -0.3 is 15.5 Å². The summed E-state index contributed by atoms with van der Waals surface area (Å²) in [6, 6.07) is 6.30. The maximum absolute atomic E-state index is 13.1. The minimum Gasteiger partial charge on any atom is -0.367 e. The first-order valence-electron chi connectivity index (χ1n) is 9.94. The highest BCUT2D eigenvalue weighted by Crippen LogP contribution is 2.28. The summed E-state index contributed by atoms with van der Waals surface area (Å²) in [6.07, 6.45) is 8.31. The number of piperazine rings is 1. The number of nitrogens with zero attached hydrogens (tertiary/aromatic N) is 6. The SMILES string of the molecule is C[C@@H]1CN(c2ccc(C(=O)Nc3cnn4cccnc34)c3nccnc23)C[C@@H](C)N1. The van der Waals surface area contributed by atoms with Crippen LogP contribution >= 0.6 is 0 Å². The van der Waals surface area contributed by atoms with Gasteiger partial charge in [0.1, 0.15) is 16.7 Å². The molecule has 4 heterocycles. The molecule has 2 N–H and O–H groups in total. The zero-order valence-electron chi connectivity index (χ0n) is 16.8. The highest BCUT2D eigenvalue weighted by molar-refractivity contribution is 6.14. The Bertz CT molecular complexity index is 1230. The normalized spacial score (nSPS) is 19.3. The van der Waals surface area contributed by atoms with Crippen LogP contribution in [0.15, 0.2) is 49.2 Å². The lowest BCUT2D eigenvalue weighted by Gasteiger charge is -2.38. The minimum atomic E-state index is -0.269. The maximum atomic E-state index is 13.1.